The summed E-state index contributed by atoms with van der Waals surface area (Å²) in [5, 5.41) is 0. The van der Waals surface area contributed by atoms with Crippen LogP contribution < -0.4 is 4.90 Å². The fourth-order valence-corrected chi connectivity index (χ4v) is 3.80. The van der Waals surface area contributed by atoms with Gasteiger partial charge < -0.3 is 4.90 Å². The quantitative estimate of drug-likeness (QED) is 0.728. The third-order valence-electron chi connectivity index (χ3n) is 4.71. The number of anilines is 1. The third kappa shape index (κ3) is 1.82. The van der Waals surface area contributed by atoms with Crippen LogP contribution in [0, 0.1) is 35.9 Å². The van der Waals surface area contributed by atoms with E-state index >= 15 is 0 Å². The lowest BCUT2D eigenvalue weighted by Gasteiger charge is -2.27. The molecule has 0 bridgehead atoms. The van der Waals surface area contributed by atoms with Crippen molar-refractivity contribution in [1.29, 1.82) is 0 Å². The summed E-state index contributed by atoms with van der Waals surface area (Å²) < 4.78 is 13.6. The third-order valence-corrected chi connectivity index (χ3v) is 4.71. The van der Waals surface area contributed by atoms with Crippen molar-refractivity contribution < 1.29 is 4.39 Å². The molecule has 0 amide bonds. The molecule has 1 saturated heterocycles. The second-order valence-corrected chi connectivity index (χ2v) is 7.06. The molecule has 1 aromatic rings. The van der Waals surface area contributed by atoms with E-state index in [1.54, 1.807) is 6.07 Å². The Balaban J connectivity index is 1.71. The van der Waals surface area contributed by atoms with Crippen LogP contribution in [0.15, 0.2) is 18.2 Å². The predicted molar refractivity (Wildman–Crippen MR) is 73.3 cm³/mol. The maximum atomic E-state index is 13.6. The molecule has 0 aromatic heterocycles. The van der Waals surface area contributed by atoms with E-state index in [2.05, 4.69) is 31.7 Å². The molecule has 1 aromatic carbocycles. The smallest absolute Gasteiger partial charge is 0.128 e. The van der Waals surface area contributed by atoms with Crippen LogP contribution in [0.3, 0.4) is 0 Å². The Hall–Kier alpha value is -1.05. The monoisotopic (exact) mass is 247 g/mol. The average molecular weight is 247 g/mol. The summed E-state index contributed by atoms with van der Waals surface area (Å²) >= 11 is 0. The summed E-state index contributed by atoms with van der Waals surface area (Å²) in [6, 6.07) is 5.62. The van der Waals surface area contributed by atoms with Gasteiger partial charge in [0, 0.05) is 18.8 Å². The van der Waals surface area contributed by atoms with Crippen molar-refractivity contribution in [2.45, 2.75) is 27.7 Å². The van der Waals surface area contributed by atoms with E-state index in [0.717, 1.165) is 42.1 Å². The van der Waals surface area contributed by atoms with Crippen LogP contribution >= 0.6 is 0 Å². The normalized spacial score (nSPS) is 30.5. The van der Waals surface area contributed by atoms with Crippen LogP contribution in [0.4, 0.5) is 10.1 Å². The molecule has 1 heterocycles. The largest absolute Gasteiger partial charge is 0.371 e. The Bertz CT molecular complexity index is 462. The second kappa shape index (κ2) is 3.72. The summed E-state index contributed by atoms with van der Waals surface area (Å²) in [5.74, 6) is 2.44. The van der Waals surface area contributed by atoms with Gasteiger partial charge in [0.15, 0.2) is 0 Å². The molecular formula is C16H22FN. The number of hydrogen-bond donors (Lipinski definition) is 0. The minimum atomic E-state index is -0.0829. The zero-order valence-corrected chi connectivity index (χ0v) is 11.7. The molecule has 2 heteroatoms. The molecule has 1 saturated carbocycles. The number of aryl methyl sites for hydroxylation is 1. The van der Waals surface area contributed by atoms with Gasteiger partial charge in [-0.25, -0.2) is 4.39 Å². The fourth-order valence-electron chi connectivity index (χ4n) is 3.80. The lowest BCUT2D eigenvalue weighted by atomic mass is 9.87. The standard InChI is InChI=1S/C16H22FN/c1-10-5-6-11(7-14(10)17)18-8-12-13(9-18)15(12)16(2,3)4/h5-7,12-13,15H,8-9H2,1-4H3. The minimum Gasteiger partial charge on any atom is -0.371 e. The van der Waals surface area contributed by atoms with E-state index in [1.807, 2.05) is 13.0 Å². The average Bonchev–Trinajstić information content (AvgIpc) is 2.81. The lowest BCUT2D eigenvalue weighted by molar-refractivity contribution is 0.309. The van der Waals surface area contributed by atoms with Gasteiger partial charge in [-0.05, 0) is 47.8 Å². The van der Waals surface area contributed by atoms with Gasteiger partial charge in [-0.15, -0.1) is 0 Å². The van der Waals surface area contributed by atoms with Crippen molar-refractivity contribution in [3.63, 3.8) is 0 Å². The Labute approximate surface area is 109 Å². The van der Waals surface area contributed by atoms with Gasteiger partial charge in [0.2, 0.25) is 0 Å². The number of rotatable bonds is 1. The number of halogens is 1. The van der Waals surface area contributed by atoms with Gasteiger partial charge >= 0.3 is 0 Å². The molecule has 1 aliphatic carbocycles. The van der Waals surface area contributed by atoms with Gasteiger partial charge in [0.05, 0.1) is 0 Å². The molecule has 0 N–H and O–H groups in total. The van der Waals surface area contributed by atoms with E-state index in [0.29, 0.717) is 5.41 Å². The SMILES string of the molecule is Cc1ccc(N2CC3C(C2)C3C(C)(C)C)cc1F. The first kappa shape index (κ1) is 12.0. The zero-order valence-electron chi connectivity index (χ0n) is 11.7. The van der Waals surface area contributed by atoms with Crippen molar-refractivity contribution in [2.75, 3.05) is 18.0 Å². The second-order valence-electron chi connectivity index (χ2n) is 7.06. The van der Waals surface area contributed by atoms with Crippen LogP contribution in [0.1, 0.15) is 26.3 Å². The summed E-state index contributed by atoms with van der Waals surface area (Å²) in [5.41, 5.74) is 2.22. The van der Waals surface area contributed by atoms with Gasteiger partial charge in [-0.3, -0.25) is 0 Å². The molecule has 18 heavy (non-hydrogen) atoms. The molecule has 0 spiro atoms. The molecule has 3 rings (SSSR count). The van der Waals surface area contributed by atoms with Crippen LogP contribution in [-0.4, -0.2) is 13.1 Å². The van der Waals surface area contributed by atoms with E-state index in [1.165, 1.54) is 0 Å². The van der Waals surface area contributed by atoms with Gasteiger partial charge in [-0.1, -0.05) is 26.8 Å². The molecule has 1 aliphatic heterocycles. The lowest BCUT2D eigenvalue weighted by Crippen LogP contribution is -2.27. The highest BCUT2D eigenvalue weighted by atomic mass is 19.1. The molecule has 98 valence electrons. The van der Waals surface area contributed by atoms with Crippen molar-refractivity contribution in [3.8, 4) is 0 Å². The summed E-state index contributed by atoms with van der Waals surface area (Å²) in [6.45, 7) is 11.0. The van der Waals surface area contributed by atoms with Crippen LogP contribution in [0.25, 0.3) is 0 Å². The fraction of sp³-hybridized carbons (Fsp3) is 0.625. The first-order chi connectivity index (χ1) is 8.38. The van der Waals surface area contributed by atoms with Crippen LogP contribution in [-0.2, 0) is 0 Å². The molecule has 2 unspecified atom stereocenters. The number of hydrogen-bond acceptors (Lipinski definition) is 1. The topological polar surface area (TPSA) is 3.24 Å². The van der Waals surface area contributed by atoms with Gasteiger partial charge in [0.1, 0.15) is 5.82 Å². The Morgan fingerprint density at radius 2 is 1.78 bits per heavy atom. The van der Waals surface area contributed by atoms with Crippen molar-refractivity contribution in [3.05, 3.63) is 29.6 Å². The van der Waals surface area contributed by atoms with Crippen molar-refractivity contribution >= 4 is 5.69 Å². The molecule has 2 fully saturated rings. The Morgan fingerprint density at radius 3 is 2.28 bits per heavy atom. The number of benzene rings is 1. The van der Waals surface area contributed by atoms with Crippen LogP contribution in [0.2, 0.25) is 0 Å². The first-order valence-corrected chi connectivity index (χ1v) is 6.89. The summed E-state index contributed by atoms with van der Waals surface area (Å²) in [6.07, 6.45) is 0. The Kier molecular flexibility index (Phi) is 2.48. The van der Waals surface area contributed by atoms with E-state index < -0.39 is 0 Å². The van der Waals surface area contributed by atoms with Crippen molar-refractivity contribution in [1.82, 2.24) is 0 Å². The molecule has 2 atom stereocenters. The molecule has 1 nitrogen and oxygen atoms in total. The van der Waals surface area contributed by atoms with Crippen LogP contribution in [0.5, 0.6) is 0 Å². The highest BCUT2D eigenvalue weighted by Crippen LogP contribution is 2.60. The minimum absolute atomic E-state index is 0.0829. The molecule has 0 radical (unpaired) electrons. The predicted octanol–water partition coefficient (Wildman–Crippen LogP) is 3.86. The molecule has 2 aliphatic rings. The summed E-state index contributed by atoms with van der Waals surface area (Å²) in [7, 11) is 0. The zero-order chi connectivity index (χ0) is 13.1. The Morgan fingerprint density at radius 1 is 1.17 bits per heavy atom. The van der Waals surface area contributed by atoms with E-state index in [-0.39, 0.29) is 5.82 Å². The first-order valence-electron chi connectivity index (χ1n) is 6.89. The molecular weight excluding hydrogens is 225 g/mol. The number of nitrogens with zero attached hydrogens (tertiary/aromatic N) is 1. The van der Waals surface area contributed by atoms with Gasteiger partial charge in [-0.2, -0.15) is 0 Å². The number of fused-ring (bicyclic) bond motifs is 1. The van der Waals surface area contributed by atoms with E-state index in [9.17, 15) is 4.39 Å². The highest BCUT2D eigenvalue weighted by molar-refractivity contribution is 5.50. The number of piperidine rings is 1. The summed E-state index contributed by atoms with van der Waals surface area (Å²) in [4.78, 5) is 2.35. The maximum absolute atomic E-state index is 13.6. The van der Waals surface area contributed by atoms with Crippen molar-refractivity contribution in [2.24, 2.45) is 23.2 Å². The maximum Gasteiger partial charge on any atom is 0.128 e. The van der Waals surface area contributed by atoms with Gasteiger partial charge in [0.25, 0.3) is 0 Å². The van der Waals surface area contributed by atoms with E-state index in [4.69, 9.17) is 0 Å². The highest BCUT2D eigenvalue weighted by Gasteiger charge is 2.59.